The summed E-state index contributed by atoms with van der Waals surface area (Å²) in [6.45, 7) is 8.32. The molecule has 0 radical (unpaired) electrons. The Hall–Kier alpha value is -1.30. The third-order valence-corrected chi connectivity index (χ3v) is 4.93. The van der Waals surface area contributed by atoms with Gasteiger partial charge >= 0.3 is 0 Å². The van der Waals surface area contributed by atoms with Gasteiger partial charge in [0.25, 0.3) is 0 Å². The van der Waals surface area contributed by atoms with Gasteiger partial charge in [0, 0.05) is 46.4 Å². The predicted octanol–water partition coefficient (Wildman–Crippen LogP) is 2.29. The minimum Gasteiger partial charge on any atom is -0.493 e. The molecule has 0 amide bonds. The zero-order valence-electron chi connectivity index (χ0n) is 18.6. The van der Waals surface area contributed by atoms with E-state index in [9.17, 15) is 0 Å². The summed E-state index contributed by atoms with van der Waals surface area (Å²) in [5.74, 6) is 2.26. The van der Waals surface area contributed by atoms with E-state index in [4.69, 9.17) is 18.9 Å². The molecule has 0 aromatic heterocycles. The van der Waals surface area contributed by atoms with E-state index in [2.05, 4.69) is 32.7 Å². The van der Waals surface area contributed by atoms with Crippen molar-refractivity contribution >= 4 is 29.9 Å². The lowest BCUT2D eigenvalue weighted by Gasteiger charge is -2.35. The lowest BCUT2D eigenvalue weighted by atomic mass is 10.0. The molecule has 30 heavy (non-hydrogen) atoms. The molecule has 1 aromatic rings. The summed E-state index contributed by atoms with van der Waals surface area (Å²) < 4.78 is 21.8. The van der Waals surface area contributed by atoms with Crippen molar-refractivity contribution in [2.75, 3.05) is 73.9 Å². The van der Waals surface area contributed by atoms with Gasteiger partial charge in [0.05, 0.1) is 33.5 Å². The second-order valence-corrected chi connectivity index (χ2v) is 6.71. The number of nitrogens with one attached hydrogen (secondary N) is 2. The van der Waals surface area contributed by atoms with Crippen LogP contribution in [0.4, 0.5) is 0 Å². The fraction of sp³-hybridized carbons (Fsp3) is 0.667. The average molecular weight is 536 g/mol. The summed E-state index contributed by atoms with van der Waals surface area (Å²) in [7, 11) is 5.11. The molecule has 0 spiro atoms. The van der Waals surface area contributed by atoms with Crippen LogP contribution in [0.3, 0.4) is 0 Å². The Kier molecular flexibility index (Phi) is 13.8. The molecule has 1 aliphatic heterocycles. The first-order chi connectivity index (χ1) is 14.2. The topological polar surface area (TPSA) is 76.6 Å². The molecule has 8 nitrogen and oxygen atoms in total. The maximum Gasteiger partial charge on any atom is 0.191 e. The van der Waals surface area contributed by atoms with Gasteiger partial charge in [-0.05, 0) is 31.0 Å². The van der Waals surface area contributed by atoms with Gasteiger partial charge < -0.3 is 29.6 Å². The molecule has 2 N–H and O–H groups in total. The summed E-state index contributed by atoms with van der Waals surface area (Å²) in [6, 6.07) is 6.28. The Morgan fingerprint density at radius 1 is 1.17 bits per heavy atom. The van der Waals surface area contributed by atoms with Crippen molar-refractivity contribution in [1.82, 2.24) is 15.5 Å². The molecule has 1 aromatic carbocycles. The van der Waals surface area contributed by atoms with Crippen molar-refractivity contribution in [1.29, 1.82) is 0 Å². The number of nitrogens with zero attached hydrogens (tertiary/aromatic N) is 2. The monoisotopic (exact) mass is 536 g/mol. The number of hydrogen-bond acceptors (Lipinski definition) is 6. The summed E-state index contributed by atoms with van der Waals surface area (Å²) >= 11 is 0. The molecule has 2 rings (SSSR count). The summed E-state index contributed by atoms with van der Waals surface area (Å²) in [4.78, 5) is 6.77. The largest absolute Gasteiger partial charge is 0.493 e. The van der Waals surface area contributed by atoms with E-state index in [-0.39, 0.29) is 30.0 Å². The van der Waals surface area contributed by atoms with Crippen molar-refractivity contribution in [2.45, 2.75) is 19.4 Å². The highest BCUT2D eigenvalue weighted by atomic mass is 127. The number of halogens is 1. The molecule has 0 saturated carbocycles. The Morgan fingerprint density at radius 2 is 1.90 bits per heavy atom. The van der Waals surface area contributed by atoms with Gasteiger partial charge in [-0.25, -0.2) is 0 Å². The zero-order valence-corrected chi connectivity index (χ0v) is 20.9. The highest BCUT2D eigenvalue weighted by molar-refractivity contribution is 14.0. The van der Waals surface area contributed by atoms with Crippen LogP contribution in [0.1, 0.15) is 24.9 Å². The molecule has 1 heterocycles. The van der Waals surface area contributed by atoms with Crippen LogP contribution in [0.5, 0.6) is 11.5 Å². The van der Waals surface area contributed by atoms with Crippen molar-refractivity contribution in [3.05, 3.63) is 23.8 Å². The number of benzene rings is 1. The van der Waals surface area contributed by atoms with E-state index in [1.54, 1.807) is 21.3 Å². The number of methoxy groups -OCH3 is 2. The second kappa shape index (κ2) is 15.5. The highest BCUT2D eigenvalue weighted by Gasteiger charge is 2.24. The van der Waals surface area contributed by atoms with Crippen LogP contribution in [-0.2, 0) is 9.47 Å². The molecule has 0 aliphatic carbocycles. The van der Waals surface area contributed by atoms with Crippen LogP contribution in [0, 0.1) is 0 Å². The summed E-state index contributed by atoms with van der Waals surface area (Å²) in [5, 5.41) is 6.82. The SMILES string of the molecule is CCOCCCNC(=NC)NCC(c1ccc(OC)c(OC)c1)N1CCOCC1.I. The molecule has 0 bridgehead atoms. The first-order valence-electron chi connectivity index (χ1n) is 10.3. The molecule has 172 valence electrons. The number of ether oxygens (including phenoxy) is 4. The number of rotatable bonds is 11. The van der Waals surface area contributed by atoms with Crippen LogP contribution in [0.2, 0.25) is 0 Å². The van der Waals surface area contributed by atoms with Gasteiger partial charge in [0.1, 0.15) is 0 Å². The third-order valence-electron chi connectivity index (χ3n) is 4.93. The van der Waals surface area contributed by atoms with E-state index in [1.807, 2.05) is 13.0 Å². The van der Waals surface area contributed by atoms with Gasteiger partial charge in [-0.3, -0.25) is 9.89 Å². The molecule has 1 aliphatic rings. The van der Waals surface area contributed by atoms with E-state index >= 15 is 0 Å². The van der Waals surface area contributed by atoms with Crippen LogP contribution >= 0.6 is 24.0 Å². The van der Waals surface area contributed by atoms with Gasteiger partial charge in [0.2, 0.25) is 0 Å². The Morgan fingerprint density at radius 3 is 2.53 bits per heavy atom. The Balaban J connectivity index is 0.00000450. The van der Waals surface area contributed by atoms with Crippen molar-refractivity contribution < 1.29 is 18.9 Å². The lowest BCUT2D eigenvalue weighted by Crippen LogP contribution is -2.46. The van der Waals surface area contributed by atoms with Gasteiger partial charge in [-0.1, -0.05) is 6.07 Å². The molecular weight excluding hydrogens is 499 g/mol. The predicted molar refractivity (Wildman–Crippen MR) is 131 cm³/mol. The van der Waals surface area contributed by atoms with E-state index in [1.165, 1.54) is 5.56 Å². The van der Waals surface area contributed by atoms with Crippen molar-refractivity contribution in [3.8, 4) is 11.5 Å². The molecule has 1 atom stereocenters. The smallest absolute Gasteiger partial charge is 0.191 e. The highest BCUT2D eigenvalue weighted by Crippen LogP contribution is 2.32. The molecule has 1 fully saturated rings. The lowest BCUT2D eigenvalue weighted by molar-refractivity contribution is 0.0169. The van der Waals surface area contributed by atoms with Crippen LogP contribution in [-0.4, -0.2) is 84.7 Å². The van der Waals surface area contributed by atoms with Crippen LogP contribution < -0.4 is 20.1 Å². The summed E-state index contributed by atoms with van der Waals surface area (Å²) in [6.07, 6.45) is 0.942. The van der Waals surface area contributed by atoms with E-state index in [0.717, 1.165) is 76.5 Å². The minimum atomic E-state index is 0. The first kappa shape index (κ1) is 26.7. The minimum absolute atomic E-state index is 0. The van der Waals surface area contributed by atoms with E-state index in [0.29, 0.717) is 0 Å². The van der Waals surface area contributed by atoms with Crippen LogP contribution in [0.25, 0.3) is 0 Å². The average Bonchev–Trinajstić information content (AvgIpc) is 2.78. The molecule has 9 heteroatoms. The first-order valence-corrected chi connectivity index (χ1v) is 10.3. The normalized spacial score (nSPS) is 15.8. The molecule has 1 unspecified atom stereocenters. The number of aliphatic imine (C=N–C) groups is 1. The number of guanidine groups is 1. The fourth-order valence-corrected chi connectivity index (χ4v) is 3.35. The standard InChI is InChI=1S/C21H36N4O4.HI/c1-5-28-12-6-9-23-21(22-2)24-16-18(25-10-13-29-14-11-25)17-7-8-19(26-3)20(15-17)27-4;/h7-8,15,18H,5-6,9-14,16H2,1-4H3,(H2,22,23,24);1H. The van der Waals surface area contributed by atoms with Gasteiger partial charge in [-0.15, -0.1) is 24.0 Å². The van der Waals surface area contributed by atoms with E-state index < -0.39 is 0 Å². The van der Waals surface area contributed by atoms with Crippen molar-refractivity contribution in [3.63, 3.8) is 0 Å². The third kappa shape index (κ3) is 8.44. The quantitative estimate of drug-likeness (QED) is 0.195. The zero-order chi connectivity index (χ0) is 20.9. The van der Waals surface area contributed by atoms with Gasteiger partial charge in [0.15, 0.2) is 17.5 Å². The van der Waals surface area contributed by atoms with Crippen molar-refractivity contribution in [2.24, 2.45) is 4.99 Å². The summed E-state index contributed by atoms with van der Waals surface area (Å²) in [5.41, 5.74) is 1.17. The van der Waals surface area contributed by atoms with Crippen LogP contribution in [0.15, 0.2) is 23.2 Å². The maximum atomic E-state index is 5.54. The second-order valence-electron chi connectivity index (χ2n) is 6.71. The molecular formula is C21H37IN4O4. The Labute approximate surface area is 197 Å². The Bertz CT molecular complexity index is 627. The number of hydrogen-bond donors (Lipinski definition) is 2. The fourth-order valence-electron chi connectivity index (χ4n) is 3.35. The van der Waals surface area contributed by atoms with Gasteiger partial charge in [-0.2, -0.15) is 0 Å². The maximum absolute atomic E-state index is 5.54. The molecule has 1 saturated heterocycles. The number of morpholine rings is 1.